The molecule has 28 heavy (non-hydrogen) atoms. The van der Waals surface area contributed by atoms with Crippen molar-refractivity contribution in [1.82, 2.24) is 10.0 Å². The summed E-state index contributed by atoms with van der Waals surface area (Å²) < 4.78 is 27.4. The maximum absolute atomic E-state index is 12.2. The predicted octanol–water partition coefficient (Wildman–Crippen LogP) is 3.51. The number of carbonyl (C=O) groups excluding carboxylic acids is 2. The lowest BCUT2D eigenvalue weighted by Gasteiger charge is -2.13. The van der Waals surface area contributed by atoms with Gasteiger partial charge in [-0.25, -0.2) is 13.1 Å². The number of carbonyl (C=O) groups is 2. The van der Waals surface area contributed by atoms with E-state index in [4.69, 9.17) is 11.6 Å². The van der Waals surface area contributed by atoms with Crippen molar-refractivity contribution < 1.29 is 18.0 Å². The van der Waals surface area contributed by atoms with Crippen molar-refractivity contribution in [2.24, 2.45) is 0 Å². The molecule has 0 unspecified atom stereocenters. The van der Waals surface area contributed by atoms with Gasteiger partial charge in [-0.05, 0) is 37.1 Å². The molecule has 0 fully saturated rings. The van der Waals surface area contributed by atoms with Gasteiger partial charge < -0.3 is 5.32 Å². The van der Waals surface area contributed by atoms with Crippen molar-refractivity contribution in [2.45, 2.75) is 45.0 Å². The maximum Gasteiger partial charge on any atom is 0.220 e. The molecule has 1 aromatic carbocycles. The molecule has 0 aliphatic rings. The minimum absolute atomic E-state index is 0.0592. The van der Waals surface area contributed by atoms with Gasteiger partial charge in [-0.3, -0.25) is 9.59 Å². The second-order valence-electron chi connectivity index (χ2n) is 6.60. The smallest absolute Gasteiger partial charge is 0.220 e. The van der Waals surface area contributed by atoms with Gasteiger partial charge in [0.15, 0.2) is 5.78 Å². The first kappa shape index (κ1) is 22.5. The number of ketones is 1. The number of hydrogen-bond donors (Lipinski definition) is 2. The van der Waals surface area contributed by atoms with Gasteiger partial charge in [0.25, 0.3) is 0 Å². The summed E-state index contributed by atoms with van der Waals surface area (Å²) in [5.74, 6) is -0.554. The Labute approximate surface area is 174 Å². The maximum atomic E-state index is 12.2. The third-order valence-electron chi connectivity index (χ3n) is 3.78. The molecule has 1 heterocycles. The number of thiophene rings is 1. The van der Waals surface area contributed by atoms with Crippen LogP contribution in [0.1, 0.15) is 47.5 Å². The number of Topliss-reactive ketones (excluding diaryl/α,β-unsaturated/α-hetero) is 1. The first-order valence-electron chi connectivity index (χ1n) is 8.78. The summed E-state index contributed by atoms with van der Waals surface area (Å²) in [6, 6.07) is 10.2. The minimum atomic E-state index is -3.46. The van der Waals surface area contributed by atoms with Crippen LogP contribution in [0.4, 0.5) is 0 Å². The highest BCUT2D eigenvalue weighted by atomic mass is 35.5. The number of benzene rings is 1. The van der Waals surface area contributed by atoms with Gasteiger partial charge in [-0.1, -0.05) is 35.9 Å². The zero-order chi connectivity index (χ0) is 20.7. The van der Waals surface area contributed by atoms with Gasteiger partial charge in [0.2, 0.25) is 15.9 Å². The molecule has 0 bridgehead atoms. The molecular formula is C19H23ClN2O4S2. The van der Waals surface area contributed by atoms with E-state index in [0.29, 0.717) is 14.8 Å². The molecule has 0 aliphatic carbocycles. The van der Waals surface area contributed by atoms with Gasteiger partial charge in [0.05, 0.1) is 15.0 Å². The number of sulfonamides is 1. The summed E-state index contributed by atoms with van der Waals surface area (Å²) in [6.07, 6.45) is 0.154. The molecule has 6 nitrogen and oxygen atoms in total. The highest BCUT2D eigenvalue weighted by molar-refractivity contribution is 7.88. The van der Waals surface area contributed by atoms with Crippen LogP contribution in [-0.4, -0.2) is 26.2 Å². The fourth-order valence-corrected chi connectivity index (χ4v) is 5.08. The Morgan fingerprint density at radius 3 is 2.36 bits per heavy atom. The SMILES string of the molecule is CC(C)NS(=O)(=O)Cc1ccccc1CNC(=O)CCC(=O)c1ccc(Cl)s1. The molecule has 0 atom stereocenters. The van der Waals surface area contributed by atoms with Crippen LogP contribution >= 0.6 is 22.9 Å². The quantitative estimate of drug-likeness (QED) is 0.550. The third kappa shape index (κ3) is 7.35. The molecule has 152 valence electrons. The summed E-state index contributed by atoms with van der Waals surface area (Å²) in [7, 11) is -3.46. The lowest BCUT2D eigenvalue weighted by molar-refractivity contribution is -0.121. The lowest BCUT2D eigenvalue weighted by Crippen LogP contribution is -2.32. The largest absolute Gasteiger partial charge is 0.352 e. The first-order chi connectivity index (χ1) is 13.2. The summed E-state index contributed by atoms with van der Waals surface area (Å²) in [4.78, 5) is 24.6. The van der Waals surface area contributed by atoms with Gasteiger partial charge in [-0.2, -0.15) is 0 Å². The average Bonchev–Trinajstić information content (AvgIpc) is 3.04. The van der Waals surface area contributed by atoms with Crippen LogP contribution in [0.15, 0.2) is 36.4 Å². The van der Waals surface area contributed by atoms with Crippen LogP contribution in [0.25, 0.3) is 0 Å². The van der Waals surface area contributed by atoms with E-state index in [2.05, 4.69) is 10.0 Å². The fraction of sp³-hybridized carbons (Fsp3) is 0.368. The molecule has 2 N–H and O–H groups in total. The van der Waals surface area contributed by atoms with E-state index in [0.717, 1.165) is 5.56 Å². The Morgan fingerprint density at radius 1 is 1.07 bits per heavy atom. The lowest BCUT2D eigenvalue weighted by atomic mass is 10.1. The van der Waals surface area contributed by atoms with E-state index >= 15 is 0 Å². The molecule has 0 saturated carbocycles. The van der Waals surface area contributed by atoms with Crippen molar-refractivity contribution >= 4 is 44.7 Å². The minimum Gasteiger partial charge on any atom is -0.352 e. The van der Waals surface area contributed by atoms with E-state index in [9.17, 15) is 18.0 Å². The second-order valence-corrected chi connectivity index (χ2v) is 10.1. The van der Waals surface area contributed by atoms with E-state index < -0.39 is 10.0 Å². The van der Waals surface area contributed by atoms with Gasteiger partial charge in [0, 0.05) is 25.4 Å². The number of halogens is 1. The molecule has 2 rings (SSSR count). The van der Waals surface area contributed by atoms with Crippen LogP contribution in [0.2, 0.25) is 4.34 Å². The zero-order valence-electron chi connectivity index (χ0n) is 15.7. The zero-order valence-corrected chi connectivity index (χ0v) is 18.1. The van der Waals surface area contributed by atoms with E-state index in [1.807, 2.05) is 0 Å². The Hall–Kier alpha value is -1.74. The Kier molecular flexibility index (Phi) is 8.18. The monoisotopic (exact) mass is 442 g/mol. The second kappa shape index (κ2) is 10.2. The number of rotatable bonds is 10. The number of hydrogen-bond acceptors (Lipinski definition) is 5. The van der Waals surface area contributed by atoms with Crippen molar-refractivity contribution in [3.05, 3.63) is 56.7 Å². The predicted molar refractivity (Wildman–Crippen MR) is 112 cm³/mol. The molecule has 0 aliphatic heterocycles. The summed E-state index contributed by atoms with van der Waals surface area (Å²) >= 11 is 7.00. The number of amides is 1. The van der Waals surface area contributed by atoms with Crippen molar-refractivity contribution in [2.75, 3.05) is 0 Å². The molecule has 0 radical (unpaired) electrons. The molecule has 0 spiro atoms. The molecule has 2 aromatic rings. The molecule has 1 amide bonds. The van der Waals surface area contributed by atoms with Crippen LogP contribution in [0, 0.1) is 0 Å². The average molecular weight is 443 g/mol. The first-order valence-corrected chi connectivity index (χ1v) is 11.6. The van der Waals surface area contributed by atoms with Crippen LogP contribution in [0.3, 0.4) is 0 Å². The molecular weight excluding hydrogens is 420 g/mol. The Balaban J connectivity index is 1.90. The molecule has 9 heteroatoms. The van der Waals surface area contributed by atoms with Gasteiger partial charge in [-0.15, -0.1) is 11.3 Å². The highest BCUT2D eigenvalue weighted by Gasteiger charge is 2.16. The van der Waals surface area contributed by atoms with Gasteiger partial charge in [0.1, 0.15) is 0 Å². The van der Waals surface area contributed by atoms with Crippen LogP contribution < -0.4 is 10.0 Å². The van der Waals surface area contributed by atoms with E-state index in [1.165, 1.54) is 11.3 Å². The summed E-state index contributed by atoms with van der Waals surface area (Å²) in [6.45, 7) is 3.72. The summed E-state index contributed by atoms with van der Waals surface area (Å²) in [5, 5.41) is 2.75. The van der Waals surface area contributed by atoms with Crippen LogP contribution in [-0.2, 0) is 27.1 Å². The normalized spacial score (nSPS) is 11.6. The van der Waals surface area contributed by atoms with Crippen molar-refractivity contribution in [1.29, 1.82) is 0 Å². The molecule has 1 aromatic heterocycles. The van der Waals surface area contributed by atoms with E-state index in [-0.39, 0.29) is 42.9 Å². The summed E-state index contributed by atoms with van der Waals surface area (Å²) in [5.41, 5.74) is 1.35. The highest BCUT2D eigenvalue weighted by Crippen LogP contribution is 2.22. The standard InChI is InChI=1S/C19H23ClN2O4S2/c1-13(2)22-28(25,26)12-15-6-4-3-5-14(15)11-21-19(24)10-7-16(23)17-8-9-18(20)27-17/h3-6,8-9,13,22H,7,10-12H2,1-2H3,(H,21,24). The molecule has 0 saturated heterocycles. The fourth-order valence-electron chi connectivity index (χ4n) is 2.57. The number of nitrogens with one attached hydrogen (secondary N) is 2. The van der Waals surface area contributed by atoms with E-state index in [1.54, 1.807) is 50.2 Å². The Bertz CT molecular complexity index is 939. The van der Waals surface area contributed by atoms with Gasteiger partial charge >= 0.3 is 0 Å². The van der Waals surface area contributed by atoms with Crippen molar-refractivity contribution in [3.63, 3.8) is 0 Å². The Morgan fingerprint density at radius 2 is 1.75 bits per heavy atom. The van der Waals surface area contributed by atoms with Crippen LogP contribution in [0.5, 0.6) is 0 Å². The third-order valence-corrected chi connectivity index (χ3v) is 6.58. The topological polar surface area (TPSA) is 92.3 Å². The van der Waals surface area contributed by atoms with Crippen molar-refractivity contribution in [3.8, 4) is 0 Å².